The Morgan fingerprint density at radius 2 is 2.16 bits per heavy atom. The van der Waals surface area contributed by atoms with Crippen molar-refractivity contribution in [3.63, 3.8) is 0 Å². The molecule has 7 heteroatoms. The maximum Gasteiger partial charge on any atom is 0.224 e. The minimum Gasteiger partial charge on any atom is -0.367 e. The first-order valence-corrected chi connectivity index (χ1v) is 7.06. The predicted molar refractivity (Wildman–Crippen MR) is 75.1 cm³/mol. The van der Waals surface area contributed by atoms with Crippen molar-refractivity contribution in [3.05, 3.63) is 28.6 Å². The first kappa shape index (κ1) is 13.7. The molecule has 0 atom stereocenters. The van der Waals surface area contributed by atoms with E-state index >= 15 is 0 Å². The van der Waals surface area contributed by atoms with Crippen molar-refractivity contribution in [2.75, 3.05) is 23.7 Å². The number of anilines is 2. The molecule has 5 nitrogen and oxygen atoms in total. The van der Waals surface area contributed by atoms with Crippen LogP contribution in [0.1, 0.15) is 18.4 Å². The van der Waals surface area contributed by atoms with Crippen LogP contribution in [-0.2, 0) is 6.42 Å². The normalized spacial score (nSPS) is 10.4. The summed E-state index contributed by atoms with van der Waals surface area (Å²) in [6.07, 6.45) is 4.65. The Morgan fingerprint density at radius 1 is 1.26 bits per heavy atom. The highest BCUT2D eigenvalue weighted by Crippen LogP contribution is 2.12. The molecule has 0 aromatic carbocycles. The lowest BCUT2D eigenvalue weighted by molar-refractivity contribution is 0.617. The van der Waals surface area contributed by atoms with E-state index in [4.69, 9.17) is 0 Å². The van der Waals surface area contributed by atoms with Crippen molar-refractivity contribution in [2.24, 2.45) is 0 Å². The van der Waals surface area contributed by atoms with E-state index in [0.29, 0.717) is 12.5 Å². The van der Waals surface area contributed by atoms with Crippen molar-refractivity contribution in [2.45, 2.75) is 19.8 Å². The lowest BCUT2D eigenvalue weighted by Gasteiger charge is -2.08. The van der Waals surface area contributed by atoms with Crippen LogP contribution in [0.2, 0.25) is 0 Å². The number of rotatable bonds is 7. The van der Waals surface area contributed by atoms with Gasteiger partial charge in [-0.2, -0.15) is 4.98 Å². The number of thiazole rings is 1. The summed E-state index contributed by atoms with van der Waals surface area (Å²) in [7, 11) is 0. The lowest BCUT2D eigenvalue weighted by atomic mass is 10.4. The van der Waals surface area contributed by atoms with E-state index in [2.05, 4.69) is 25.6 Å². The summed E-state index contributed by atoms with van der Waals surface area (Å²) < 4.78 is 13.5. The SMILES string of the molecule is CCCNc1ncc(F)c(NCCc2nccs2)n1. The second kappa shape index (κ2) is 6.98. The maximum atomic E-state index is 13.5. The van der Waals surface area contributed by atoms with Crippen LogP contribution in [-0.4, -0.2) is 28.0 Å². The second-order valence-electron chi connectivity index (χ2n) is 3.92. The summed E-state index contributed by atoms with van der Waals surface area (Å²) in [5.41, 5.74) is 0. The van der Waals surface area contributed by atoms with Crippen LogP contribution in [0.25, 0.3) is 0 Å². The molecule has 2 aromatic heterocycles. The molecular weight excluding hydrogens is 265 g/mol. The van der Waals surface area contributed by atoms with Gasteiger partial charge in [0.05, 0.1) is 11.2 Å². The summed E-state index contributed by atoms with van der Waals surface area (Å²) >= 11 is 1.59. The van der Waals surface area contributed by atoms with Gasteiger partial charge >= 0.3 is 0 Å². The third-order valence-corrected chi connectivity index (χ3v) is 3.23. The van der Waals surface area contributed by atoms with Crippen LogP contribution < -0.4 is 10.6 Å². The van der Waals surface area contributed by atoms with E-state index in [1.54, 1.807) is 17.5 Å². The Labute approximate surface area is 115 Å². The molecule has 0 unspecified atom stereocenters. The monoisotopic (exact) mass is 281 g/mol. The standard InChI is InChI=1S/C12H16FN5S/c1-2-4-16-12-17-8-9(13)11(18-12)15-5-3-10-14-6-7-19-10/h6-8H,2-5H2,1H3,(H2,15,16,17,18). The van der Waals surface area contributed by atoms with Crippen molar-refractivity contribution in [1.29, 1.82) is 0 Å². The fourth-order valence-electron chi connectivity index (χ4n) is 1.48. The van der Waals surface area contributed by atoms with E-state index in [1.807, 2.05) is 12.3 Å². The fraction of sp³-hybridized carbons (Fsp3) is 0.417. The molecule has 0 aliphatic carbocycles. The number of hydrogen-bond acceptors (Lipinski definition) is 6. The van der Waals surface area contributed by atoms with Gasteiger partial charge < -0.3 is 10.6 Å². The molecule has 0 saturated heterocycles. The molecule has 0 bridgehead atoms. The summed E-state index contributed by atoms with van der Waals surface area (Å²) in [5.74, 6) is 0.228. The highest BCUT2D eigenvalue weighted by atomic mass is 32.1. The molecule has 2 aromatic rings. The zero-order chi connectivity index (χ0) is 13.5. The zero-order valence-electron chi connectivity index (χ0n) is 10.7. The Hall–Kier alpha value is -1.76. The van der Waals surface area contributed by atoms with E-state index in [0.717, 1.165) is 24.4 Å². The molecule has 2 rings (SSSR count). The van der Waals surface area contributed by atoms with Crippen molar-refractivity contribution >= 4 is 23.1 Å². The number of nitrogens with zero attached hydrogens (tertiary/aromatic N) is 3. The van der Waals surface area contributed by atoms with E-state index in [9.17, 15) is 4.39 Å². The molecule has 19 heavy (non-hydrogen) atoms. The summed E-state index contributed by atoms with van der Waals surface area (Å²) in [4.78, 5) is 12.2. The van der Waals surface area contributed by atoms with E-state index < -0.39 is 5.82 Å². The van der Waals surface area contributed by atoms with Crippen molar-refractivity contribution < 1.29 is 4.39 Å². The number of hydrogen-bond donors (Lipinski definition) is 2. The number of nitrogens with one attached hydrogen (secondary N) is 2. The van der Waals surface area contributed by atoms with Gasteiger partial charge in [-0.15, -0.1) is 11.3 Å². The summed E-state index contributed by atoms with van der Waals surface area (Å²) in [6, 6.07) is 0. The van der Waals surface area contributed by atoms with Gasteiger partial charge in [0.15, 0.2) is 11.6 Å². The molecule has 102 valence electrons. The molecule has 2 N–H and O–H groups in total. The van der Waals surface area contributed by atoms with Gasteiger partial charge in [0.25, 0.3) is 0 Å². The van der Waals surface area contributed by atoms with Gasteiger partial charge in [0, 0.05) is 31.1 Å². The van der Waals surface area contributed by atoms with E-state index in [-0.39, 0.29) is 5.82 Å². The maximum absolute atomic E-state index is 13.5. The van der Waals surface area contributed by atoms with Gasteiger partial charge in [0.1, 0.15) is 0 Å². The van der Waals surface area contributed by atoms with Crippen LogP contribution in [0, 0.1) is 5.82 Å². The Kier molecular flexibility index (Phi) is 5.02. The quantitative estimate of drug-likeness (QED) is 0.816. The topological polar surface area (TPSA) is 62.7 Å². The molecule has 0 aliphatic rings. The van der Waals surface area contributed by atoms with Crippen LogP contribution in [0.15, 0.2) is 17.8 Å². The van der Waals surface area contributed by atoms with Crippen molar-refractivity contribution in [1.82, 2.24) is 15.0 Å². The van der Waals surface area contributed by atoms with Crippen LogP contribution in [0.5, 0.6) is 0 Å². The Bertz CT molecular complexity index is 503. The van der Waals surface area contributed by atoms with Gasteiger partial charge in [0.2, 0.25) is 5.95 Å². The fourth-order valence-corrected chi connectivity index (χ4v) is 2.10. The van der Waals surface area contributed by atoms with Crippen LogP contribution in [0.3, 0.4) is 0 Å². The molecule has 0 aliphatic heterocycles. The molecule has 0 saturated carbocycles. The van der Waals surface area contributed by atoms with Crippen molar-refractivity contribution in [3.8, 4) is 0 Å². The number of halogens is 1. The average molecular weight is 281 g/mol. The highest BCUT2D eigenvalue weighted by molar-refractivity contribution is 7.09. The van der Waals surface area contributed by atoms with Gasteiger partial charge in [-0.3, -0.25) is 0 Å². The van der Waals surface area contributed by atoms with Gasteiger partial charge in [-0.1, -0.05) is 6.92 Å². The summed E-state index contributed by atoms with van der Waals surface area (Å²) in [6.45, 7) is 3.41. The average Bonchev–Trinajstić information content (AvgIpc) is 2.92. The van der Waals surface area contributed by atoms with Crippen LogP contribution >= 0.6 is 11.3 Å². The largest absolute Gasteiger partial charge is 0.367 e. The van der Waals surface area contributed by atoms with Gasteiger partial charge in [-0.25, -0.2) is 14.4 Å². The third-order valence-electron chi connectivity index (χ3n) is 2.39. The van der Waals surface area contributed by atoms with Crippen LogP contribution in [0.4, 0.5) is 16.2 Å². The minimum atomic E-state index is -0.443. The molecule has 0 amide bonds. The molecule has 0 fully saturated rings. The van der Waals surface area contributed by atoms with E-state index in [1.165, 1.54) is 6.20 Å². The lowest BCUT2D eigenvalue weighted by Crippen LogP contribution is -2.11. The minimum absolute atomic E-state index is 0.227. The zero-order valence-corrected chi connectivity index (χ0v) is 11.5. The first-order chi connectivity index (χ1) is 9.29. The Balaban J connectivity index is 1.90. The highest BCUT2D eigenvalue weighted by Gasteiger charge is 2.06. The predicted octanol–water partition coefficient (Wildman–Crippen LogP) is 2.55. The first-order valence-electron chi connectivity index (χ1n) is 6.18. The smallest absolute Gasteiger partial charge is 0.224 e. The Morgan fingerprint density at radius 3 is 2.89 bits per heavy atom. The number of aromatic nitrogens is 3. The second-order valence-corrected chi connectivity index (χ2v) is 4.90. The van der Waals surface area contributed by atoms with Gasteiger partial charge in [-0.05, 0) is 6.42 Å². The summed E-state index contributed by atoms with van der Waals surface area (Å²) in [5, 5.41) is 8.94. The third kappa shape index (κ3) is 4.13. The molecular formula is C12H16FN5S. The molecule has 2 heterocycles. The molecule has 0 radical (unpaired) electrons. The molecule has 0 spiro atoms.